The quantitative estimate of drug-likeness (QED) is 0.0643. The molecule has 282 valence electrons. The van der Waals surface area contributed by atoms with E-state index in [4.69, 9.17) is 27.7 Å². The van der Waals surface area contributed by atoms with Crippen LogP contribution in [0.3, 0.4) is 0 Å². The number of methoxy groups -OCH3 is 2. The molecule has 2 N–H and O–H groups in total. The Labute approximate surface area is 321 Å². The van der Waals surface area contributed by atoms with E-state index in [0.717, 1.165) is 28.7 Å². The normalized spacial score (nSPS) is 18.6. The first kappa shape index (κ1) is 38.0. The van der Waals surface area contributed by atoms with Crippen molar-refractivity contribution < 1.29 is 41.9 Å². The van der Waals surface area contributed by atoms with Gasteiger partial charge in [0.2, 0.25) is 0 Å². The number of imidazole rings is 1. The lowest BCUT2D eigenvalue weighted by molar-refractivity contribution is -0.105. The van der Waals surface area contributed by atoms with Gasteiger partial charge in [-0.3, -0.25) is 9.36 Å². The summed E-state index contributed by atoms with van der Waals surface area (Å²) in [6, 6.07) is 33.6. The molecule has 1 aliphatic rings. The van der Waals surface area contributed by atoms with Crippen molar-refractivity contribution in [1.29, 1.82) is 0 Å². The van der Waals surface area contributed by atoms with Gasteiger partial charge >= 0.3 is 8.25 Å². The average Bonchev–Trinajstić information content (AvgIpc) is 3.81. The Balaban J connectivity index is 1.35. The van der Waals surface area contributed by atoms with Gasteiger partial charge in [-0.25, -0.2) is 15.0 Å². The molecule has 0 radical (unpaired) electrons. The molecular weight excluding hydrogens is 745 g/mol. The third-order valence-electron chi connectivity index (χ3n) is 9.23. The number of amides is 1. The minimum atomic E-state index is -2.99. The van der Waals surface area contributed by atoms with E-state index in [0.29, 0.717) is 28.2 Å². The van der Waals surface area contributed by atoms with Crippen molar-refractivity contribution in [2.45, 2.75) is 30.1 Å². The van der Waals surface area contributed by atoms with E-state index in [9.17, 15) is 14.3 Å². The SMILES string of the molecule is COc1ccc(C(OC2C(CO[P+](=O)O)OC(n3cnc4c(NC(=O)c5ccccc5)ncnc43)C2OSC)(c2ccccc2)c2ccc(OC)cc2)cc1. The molecule has 16 heteroatoms. The van der Waals surface area contributed by atoms with Crippen LogP contribution in [0.25, 0.3) is 11.2 Å². The van der Waals surface area contributed by atoms with Crippen LogP contribution in [0.15, 0.2) is 122 Å². The zero-order chi connectivity index (χ0) is 38.4. The summed E-state index contributed by atoms with van der Waals surface area (Å²) in [4.78, 5) is 36.2. The summed E-state index contributed by atoms with van der Waals surface area (Å²) in [6.45, 7) is -0.322. The monoisotopic (exact) mass is 782 g/mol. The summed E-state index contributed by atoms with van der Waals surface area (Å²) in [6.07, 6.45) is 0.876. The third-order valence-corrected chi connectivity index (χ3v) is 10.0. The zero-order valence-corrected chi connectivity index (χ0v) is 31.6. The fraction of sp³-hybridized carbons (Fsp3) is 0.231. The van der Waals surface area contributed by atoms with Gasteiger partial charge in [-0.05, 0) is 65.1 Å². The van der Waals surface area contributed by atoms with E-state index in [1.807, 2.05) is 84.9 Å². The minimum absolute atomic E-state index is 0.199. The number of rotatable bonds is 15. The largest absolute Gasteiger partial charge is 0.694 e. The lowest BCUT2D eigenvalue weighted by Crippen LogP contribution is -2.45. The highest BCUT2D eigenvalue weighted by atomic mass is 32.2. The number of nitrogens with one attached hydrogen (secondary N) is 1. The van der Waals surface area contributed by atoms with Crippen molar-refractivity contribution in [3.8, 4) is 11.5 Å². The molecule has 0 aliphatic carbocycles. The summed E-state index contributed by atoms with van der Waals surface area (Å²) in [5.41, 5.74) is 2.07. The molecule has 0 bridgehead atoms. The number of hydrogen-bond donors (Lipinski definition) is 2. The highest BCUT2D eigenvalue weighted by molar-refractivity contribution is 7.93. The molecule has 1 amide bonds. The zero-order valence-electron chi connectivity index (χ0n) is 29.9. The number of nitrogens with zero attached hydrogens (tertiary/aromatic N) is 4. The summed E-state index contributed by atoms with van der Waals surface area (Å²) in [7, 11) is 0.204. The predicted molar refractivity (Wildman–Crippen MR) is 205 cm³/mol. The number of benzene rings is 4. The van der Waals surface area contributed by atoms with Gasteiger partial charge in [-0.2, -0.15) is 0 Å². The number of carbonyl (C=O) groups is 1. The lowest BCUT2D eigenvalue weighted by atomic mass is 9.79. The fourth-order valence-corrected chi connectivity index (χ4v) is 7.39. The molecular formula is C39H37N5O9PS+. The molecule has 5 unspecified atom stereocenters. The Kier molecular flexibility index (Phi) is 11.8. The Morgan fingerprint density at radius 3 is 2.04 bits per heavy atom. The molecule has 0 saturated carbocycles. The van der Waals surface area contributed by atoms with Gasteiger partial charge in [0, 0.05) is 16.4 Å². The van der Waals surface area contributed by atoms with Gasteiger partial charge in [-0.15, -0.1) is 9.42 Å². The minimum Gasteiger partial charge on any atom is -0.497 e. The van der Waals surface area contributed by atoms with E-state index in [1.54, 1.807) is 49.3 Å². The molecule has 4 aromatic carbocycles. The Morgan fingerprint density at radius 1 is 0.855 bits per heavy atom. The molecule has 6 aromatic rings. The first-order chi connectivity index (χ1) is 26.9. The summed E-state index contributed by atoms with van der Waals surface area (Å²) in [5.74, 6) is 1.14. The van der Waals surface area contributed by atoms with Crippen molar-refractivity contribution in [1.82, 2.24) is 19.5 Å². The molecule has 1 saturated heterocycles. The summed E-state index contributed by atoms with van der Waals surface area (Å²) >= 11 is 1.10. The third kappa shape index (κ3) is 7.82. The van der Waals surface area contributed by atoms with Crippen molar-refractivity contribution in [3.05, 3.63) is 144 Å². The van der Waals surface area contributed by atoms with Crippen LogP contribution in [0.2, 0.25) is 0 Å². The van der Waals surface area contributed by atoms with Crippen LogP contribution < -0.4 is 14.8 Å². The topological polar surface area (TPSA) is 165 Å². The molecule has 1 fully saturated rings. The Morgan fingerprint density at radius 2 is 1.45 bits per heavy atom. The van der Waals surface area contributed by atoms with Crippen LogP contribution in [-0.4, -0.2) is 75.7 Å². The van der Waals surface area contributed by atoms with Crippen molar-refractivity contribution >= 4 is 43.2 Å². The maximum atomic E-state index is 13.1. The number of carbonyl (C=O) groups excluding carboxylic acids is 1. The summed E-state index contributed by atoms with van der Waals surface area (Å²) < 4.78 is 50.5. The lowest BCUT2D eigenvalue weighted by Gasteiger charge is -2.40. The Hall–Kier alpha value is -5.25. The van der Waals surface area contributed by atoms with Crippen LogP contribution in [0.1, 0.15) is 33.3 Å². The Bertz CT molecular complexity index is 2180. The van der Waals surface area contributed by atoms with Gasteiger partial charge in [-0.1, -0.05) is 72.8 Å². The van der Waals surface area contributed by atoms with Gasteiger partial charge in [0.05, 0.1) is 20.5 Å². The second-order valence-corrected chi connectivity index (χ2v) is 13.5. The number of ether oxygens (including phenoxy) is 4. The number of anilines is 1. The van der Waals surface area contributed by atoms with Crippen LogP contribution in [-0.2, 0) is 28.3 Å². The van der Waals surface area contributed by atoms with Gasteiger partial charge in [0.1, 0.15) is 48.3 Å². The predicted octanol–water partition coefficient (Wildman–Crippen LogP) is 6.70. The van der Waals surface area contributed by atoms with E-state index >= 15 is 0 Å². The standard InChI is InChI=1S/C39H36N5O9PS/c1-48-29-18-14-27(15-19-29)39(26-12-8-5-9-13-26,28-16-20-30(49-2)21-17-28)52-33-31(22-50-54(46)47)51-38(34(33)53-55-3)44-24-42-32-35(40-23-41-36(32)44)43-37(45)25-10-6-4-7-11-25/h4-21,23-24,31,33-34,38H,22H2,1-3H3,(H-,40,41,43,45,46,47)/p+1. The van der Waals surface area contributed by atoms with E-state index < -0.39 is 38.4 Å². The molecule has 5 atom stereocenters. The van der Waals surface area contributed by atoms with Crippen LogP contribution in [0.5, 0.6) is 11.5 Å². The first-order valence-electron chi connectivity index (χ1n) is 17.1. The molecule has 55 heavy (non-hydrogen) atoms. The maximum Gasteiger partial charge on any atom is 0.694 e. The van der Waals surface area contributed by atoms with Crippen molar-refractivity contribution in [2.24, 2.45) is 0 Å². The van der Waals surface area contributed by atoms with E-state index in [2.05, 4.69) is 20.3 Å². The summed E-state index contributed by atoms with van der Waals surface area (Å²) in [5, 5.41) is 2.83. The van der Waals surface area contributed by atoms with Gasteiger partial charge in [0.15, 0.2) is 23.2 Å². The fourth-order valence-electron chi connectivity index (χ4n) is 6.69. The van der Waals surface area contributed by atoms with Gasteiger partial charge < -0.3 is 28.4 Å². The first-order valence-corrected chi connectivity index (χ1v) is 19.3. The number of fused-ring (bicyclic) bond motifs is 1. The second kappa shape index (κ2) is 17.0. The van der Waals surface area contributed by atoms with E-state index in [-0.39, 0.29) is 18.3 Å². The molecule has 7 rings (SSSR count). The smallest absolute Gasteiger partial charge is 0.497 e. The molecule has 0 spiro atoms. The number of hydrogen-bond acceptors (Lipinski definition) is 12. The van der Waals surface area contributed by atoms with Crippen LogP contribution in [0.4, 0.5) is 5.82 Å². The molecule has 3 heterocycles. The maximum absolute atomic E-state index is 13.1. The average molecular weight is 783 g/mol. The number of aromatic nitrogens is 4. The molecule has 1 aliphatic heterocycles. The molecule has 14 nitrogen and oxygen atoms in total. The van der Waals surface area contributed by atoms with Crippen LogP contribution >= 0.6 is 20.3 Å². The van der Waals surface area contributed by atoms with E-state index in [1.165, 1.54) is 12.7 Å². The highest BCUT2D eigenvalue weighted by Gasteiger charge is 2.53. The van der Waals surface area contributed by atoms with Crippen molar-refractivity contribution in [3.63, 3.8) is 0 Å². The molecule has 2 aromatic heterocycles. The van der Waals surface area contributed by atoms with Gasteiger partial charge in [0.25, 0.3) is 5.91 Å². The van der Waals surface area contributed by atoms with Crippen LogP contribution in [0, 0.1) is 0 Å². The highest BCUT2D eigenvalue weighted by Crippen LogP contribution is 2.47. The van der Waals surface area contributed by atoms with Crippen molar-refractivity contribution in [2.75, 3.05) is 32.4 Å². The second-order valence-electron chi connectivity index (χ2n) is 12.3.